The molecule has 0 rings (SSSR count). The Labute approximate surface area is 119 Å². The van der Waals surface area contributed by atoms with E-state index in [1.807, 2.05) is 0 Å². The first kappa shape index (κ1) is 22.8. The maximum absolute atomic E-state index is 12.9. The second-order valence-electron chi connectivity index (χ2n) is 3.90. The molecular formula is C7HF16N. The van der Waals surface area contributed by atoms with Gasteiger partial charge in [-0.1, -0.05) is 0 Å². The minimum atomic E-state index is -7.97. The molecule has 0 aromatic rings. The van der Waals surface area contributed by atoms with Crippen molar-refractivity contribution in [2.24, 2.45) is 0 Å². The predicted molar refractivity (Wildman–Crippen MR) is 39.7 cm³/mol. The van der Waals surface area contributed by atoms with Gasteiger partial charge in [0.2, 0.25) is 0 Å². The molecule has 1 nitrogen and oxygen atoms in total. The molecule has 0 spiro atoms. The lowest BCUT2D eigenvalue weighted by Gasteiger charge is -2.42. The molecule has 0 radical (unpaired) electrons. The predicted octanol–water partition coefficient (Wildman–Crippen LogP) is 5.09. The van der Waals surface area contributed by atoms with E-state index in [1.54, 1.807) is 0 Å². The number of alkyl halides is 16. The summed E-state index contributed by atoms with van der Waals surface area (Å²) in [7, 11) is 0. The molecule has 0 aliphatic carbocycles. The lowest BCUT2D eigenvalue weighted by Crippen LogP contribution is -2.72. The van der Waals surface area contributed by atoms with Gasteiger partial charge in [-0.2, -0.15) is 65.9 Å². The molecule has 146 valence electrons. The average molecular weight is 403 g/mol. The molecule has 0 aliphatic rings. The highest BCUT2D eigenvalue weighted by Crippen LogP contribution is 2.55. The molecule has 0 heterocycles. The zero-order valence-corrected chi connectivity index (χ0v) is 10.1. The summed E-state index contributed by atoms with van der Waals surface area (Å²) in [6.45, 7) is 0. The van der Waals surface area contributed by atoms with Crippen molar-refractivity contribution in [1.29, 1.82) is 0 Å². The number of halogens is 16. The van der Waals surface area contributed by atoms with Crippen LogP contribution in [-0.2, 0) is 0 Å². The van der Waals surface area contributed by atoms with Gasteiger partial charge in [-0.25, -0.2) is 4.39 Å². The largest absolute Gasteiger partial charge is 0.469 e. The summed E-state index contributed by atoms with van der Waals surface area (Å²) < 4.78 is 195. The van der Waals surface area contributed by atoms with E-state index in [0.717, 1.165) is 0 Å². The van der Waals surface area contributed by atoms with Crippen LogP contribution in [0.25, 0.3) is 0 Å². The molecule has 0 aliphatic heterocycles. The normalized spacial score (nSPS) is 17.4. The molecule has 0 saturated heterocycles. The third-order valence-corrected chi connectivity index (χ3v) is 2.18. The maximum Gasteiger partial charge on any atom is 0.469 e. The Balaban J connectivity index is 6.56. The van der Waals surface area contributed by atoms with Gasteiger partial charge in [-0.3, -0.25) is 0 Å². The van der Waals surface area contributed by atoms with Crippen LogP contribution in [0.5, 0.6) is 0 Å². The summed E-state index contributed by atoms with van der Waals surface area (Å²) in [6, 6.07) is -15.7. The van der Waals surface area contributed by atoms with Crippen molar-refractivity contribution in [3.8, 4) is 0 Å². The molecule has 1 atom stereocenters. The van der Waals surface area contributed by atoms with E-state index in [4.69, 9.17) is 0 Å². The Morgan fingerprint density at radius 3 is 1.04 bits per heavy atom. The summed E-state index contributed by atoms with van der Waals surface area (Å²) in [5, 5.41) is 0. The molecule has 0 bridgehead atoms. The Hall–Kier alpha value is -1.16. The molecule has 0 saturated carbocycles. The van der Waals surface area contributed by atoms with Crippen LogP contribution in [0, 0.1) is 0 Å². The molecule has 0 aromatic heterocycles. The van der Waals surface area contributed by atoms with Gasteiger partial charge < -0.3 is 0 Å². The molecule has 0 fully saturated rings. The minimum absolute atomic E-state index is 4.21. The first-order valence-electron chi connectivity index (χ1n) is 4.80. The van der Waals surface area contributed by atoms with Crippen molar-refractivity contribution < 1.29 is 70.2 Å². The van der Waals surface area contributed by atoms with E-state index in [-0.39, 0.29) is 0 Å². The fourth-order valence-corrected chi connectivity index (χ4v) is 1.07. The van der Waals surface area contributed by atoms with Crippen molar-refractivity contribution >= 4 is 0 Å². The van der Waals surface area contributed by atoms with E-state index in [2.05, 4.69) is 0 Å². The van der Waals surface area contributed by atoms with Gasteiger partial charge in [0.05, 0.1) is 0 Å². The Bertz CT molecular complexity index is 439. The molecule has 17 heteroatoms. The second kappa shape index (κ2) is 5.69. The van der Waals surface area contributed by atoms with Crippen molar-refractivity contribution in [2.75, 3.05) is 0 Å². The van der Waals surface area contributed by atoms with Crippen LogP contribution in [0.15, 0.2) is 0 Å². The third kappa shape index (κ3) is 3.58. The van der Waals surface area contributed by atoms with Gasteiger partial charge in [0.1, 0.15) is 0 Å². The van der Waals surface area contributed by atoms with E-state index in [9.17, 15) is 70.2 Å². The van der Waals surface area contributed by atoms with E-state index in [0.29, 0.717) is 0 Å². The summed E-state index contributed by atoms with van der Waals surface area (Å²) in [4.78, 5) is -4.21. The Kier molecular flexibility index (Phi) is 5.41. The highest BCUT2D eigenvalue weighted by atomic mass is 19.4. The van der Waals surface area contributed by atoms with Crippen LogP contribution in [0.1, 0.15) is 0 Å². The minimum Gasteiger partial charge on any atom is -0.219 e. The molecule has 24 heavy (non-hydrogen) atoms. The van der Waals surface area contributed by atoms with Crippen LogP contribution in [0.3, 0.4) is 0 Å². The zero-order valence-electron chi connectivity index (χ0n) is 10.1. The van der Waals surface area contributed by atoms with Crippen LogP contribution >= 0.6 is 0 Å². The standard InChI is InChI=1S/C7HF16N/c8-1(2(9,10)11)24(7(22,23)5(17,18)19)6(20,21)3(12,13)4(14,15)16/h1H. The van der Waals surface area contributed by atoms with Gasteiger partial charge >= 0.3 is 36.5 Å². The summed E-state index contributed by atoms with van der Waals surface area (Å²) in [5.74, 6) is -7.90. The molecule has 0 N–H and O–H groups in total. The van der Waals surface area contributed by atoms with E-state index >= 15 is 0 Å². The van der Waals surface area contributed by atoms with Crippen molar-refractivity contribution in [2.45, 2.75) is 42.8 Å². The zero-order chi connectivity index (χ0) is 20.2. The monoisotopic (exact) mass is 403 g/mol. The van der Waals surface area contributed by atoms with Gasteiger partial charge in [0, 0.05) is 0 Å². The van der Waals surface area contributed by atoms with Crippen molar-refractivity contribution in [3.05, 3.63) is 0 Å². The average Bonchev–Trinajstić information content (AvgIpc) is 2.23. The van der Waals surface area contributed by atoms with Gasteiger partial charge in [-0.15, -0.1) is 4.90 Å². The first-order chi connectivity index (χ1) is 10.0. The second-order valence-corrected chi connectivity index (χ2v) is 3.90. The molecule has 0 aromatic carbocycles. The summed E-state index contributed by atoms with van der Waals surface area (Å²) in [6.07, 6.45) is -28.5. The number of nitrogens with zero attached hydrogens (tertiary/aromatic N) is 1. The van der Waals surface area contributed by atoms with Crippen molar-refractivity contribution in [3.63, 3.8) is 0 Å². The fourth-order valence-electron chi connectivity index (χ4n) is 1.07. The molecule has 1 unspecified atom stereocenters. The Morgan fingerprint density at radius 2 is 0.833 bits per heavy atom. The smallest absolute Gasteiger partial charge is 0.219 e. The number of hydrogen-bond acceptors (Lipinski definition) is 1. The highest BCUT2D eigenvalue weighted by Gasteiger charge is 2.83. The SMILES string of the molecule is FC(N(C(F)(F)C(F)(F)F)C(F)(F)C(F)(F)C(F)(F)F)C(F)(F)F. The van der Waals surface area contributed by atoms with E-state index < -0.39 is 47.7 Å². The van der Waals surface area contributed by atoms with E-state index in [1.165, 1.54) is 0 Å². The molecular weight excluding hydrogens is 402 g/mol. The van der Waals surface area contributed by atoms with Crippen LogP contribution in [0.4, 0.5) is 70.2 Å². The Morgan fingerprint density at radius 1 is 0.500 bits per heavy atom. The topological polar surface area (TPSA) is 3.24 Å². The molecule has 0 amide bonds. The lowest BCUT2D eigenvalue weighted by atomic mass is 10.2. The quantitative estimate of drug-likeness (QED) is 0.467. The van der Waals surface area contributed by atoms with Gasteiger partial charge in [0.25, 0.3) is 6.30 Å². The van der Waals surface area contributed by atoms with Crippen LogP contribution in [-0.4, -0.2) is 47.7 Å². The van der Waals surface area contributed by atoms with Crippen LogP contribution in [0.2, 0.25) is 0 Å². The maximum atomic E-state index is 12.9. The first-order valence-corrected chi connectivity index (χ1v) is 4.80. The van der Waals surface area contributed by atoms with Gasteiger partial charge in [0.15, 0.2) is 0 Å². The van der Waals surface area contributed by atoms with Crippen LogP contribution < -0.4 is 0 Å². The number of hydrogen-bond donors (Lipinski definition) is 0. The highest BCUT2D eigenvalue weighted by molar-refractivity contribution is 4.97. The summed E-state index contributed by atoms with van der Waals surface area (Å²) >= 11 is 0. The number of rotatable bonds is 4. The fraction of sp³-hybridized carbons (Fsp3) is 1.00. The van der Waals surface area contributed by atoms with Gasteiger partial charge in [-0.05, 0) is 0 Å². The summed E-state index contributed by atoms with van der Waals surface area (Å²) in [5.41, 5.74) is 0. The van der Waals surface area contributed by atoms with Crippen molar-refractivity contribution in [1.82, 2.24) is 4.90 Å². The lowest BCUT2D eigenvalue weighted by molar-refractivity contribution is -0.473. The third-order valence-electron chi connectivity index (χ3n) is 2.18.